The van der Waals surface area contributed by atoms with E-state index in [1.54, 1.807) is 0 Å². The first kappa shape index (κ1) is 12.9. The molecule has 0 aromatic heterocycles. The lowest BCUT2D eigenvalue weighted by atomic mass is 9.99. The van der Waals surface area contributed by atoms with Crippen LogP contribution in [0.15, 0.2) is 0 Å². The van der Waals surface area contributed by atoms with Gasteiger partial charge in [0.05, 0.1) is 12.2 Å². The first-order valence-electron chi connectivity index (χ1n) is 5.10. The monoisotopic (exact) mass is 189 g/mol. The first-order chi connectivity index (χ1) is 6.18. The van der Waals surface area contributed by atoms with Gasteiger partial charge in [-0.05, 0) is 26.7 Å². The van der Waals surface area contributed by atoms with E-state index < -0.39 is 0 Å². The summed E-state index contributed by atoms with van der Waals surface area (Å²) in [5.74, 6) is 0. The van der Waals surface area contributed by atoms with Gasteiger partial charge in [0.15, 0.2) is 0 Å². The average Bonchev–Trinajstić information content (AvgIpc) is 2.15. The van der Waals surface area contributed by atoms with Crippen molar-refractivity contribution >= 4 is 0 Å². The minimum absolute atomic E-state index is 0.0610. The molecule has 2 N–H and O–H groups in total. The fourth-order valence-corrected chi connectivity index (χ4v) is 1.09. The predicted octanol–water partition coefficient (Wildman–Crippen LogP) is 1.56. The zero-order chi connectivity index (χ0) is 10.2. The lowest BCUT2D eigenvalue weighted by Gasteiger charge is -2.28. The zero-order valence-electron chi connectivity index (χ0n) is 9.14. The smallest absolute Gasteiger partial charge is 0.0674 e. The van der Waals surface area contributed by atoms with Gasteiger partial charge in [-0.25, -0.2) is 0 Å². The van der Waals surface area contributed by atoms with Gasteiger partial charge in [0.2, 0.25) is 0 Å². The molecule has 0 spiro atoms. The van der Waals surface area contributed by atoms with Gasteiger partial charge >= 0.3 is 0 Å². The summed E-state index contributed by atoms with van der Waals surface area (Å²) in [4.78, 5) is 0. The first-order valence-corrected chi connectivity index (χ1v) is 5.10. The van der Waals surface area contributed by atoms with Crippen LogP contribution in [0.4, 0.5) is 0 Å². The van der Waals surface area contributed by atoms with E-state index in [9.17, 15) is 0 Å². The van der Waals surface area contributed by atoms with Gasteiger partial charge in [-0.1, -0.05) is 6.92 Å². The summed E-state index contributed by atoms with van der Waals surface area (Å²) in [6, 6.07) is 0. The quantitative estimate of drug-likeness (QED) is 0.589. The van der Waals surface area contributed by atoms with Crippen molar-refractivity contribution in [3.05, 3.63) is 0 Å². The molecule has 0 aliphatic rings. The largest absolute Gasteiger partial charge is 0.382 e. The van der Waals surface area contributed by atoms with E-state index >= 15 is 0 Å². The molecule has 0 amide bonds. The number of hydrogen-bond donors (Lipinski definition) is 1. The van der Waals surface area contributed by atoms with Gasteiger partial charge in [0, 0.05) is 19.8 Å². The van der Waals surface area contributed by atoms with E-state index in [1.807, 2.05) is 6.92 Å². The molecule has 1 unspecified atom stereocenters. The van der Waals surface area contributed by atoms with Crippen LogP contribution in [-0.2, 0) is 9.47 Å². The van der Waals surface area contributed by atoms with Gasteiger partial charge < -0.3 is 15.2 Å². The molecule has 0 saturated carbocycles. The highest BCUT2D eigenvalue weighted by atomic mass is 16.5. The van der Waals surface area contributed by atoms with Gasteiger partial charge in [0.1, 0.15) is 0 Å². The Kier molecular flexibility index (Phi) is 7.23. The molecular formula is C10H23NO2. The predicted molar refractivity (Wildman–Crippen MR) is 54.8 cm³/mol. The van der Waals surface area contributed by atoms with Crippen molar-refractivity contribution in [2.45, 2.75) is 39.2 Å². The van der Waals surface area contributed by atoms with E-state index in [2.05, 4.69) is 13.8 Å². The maximum absolute atomic E-state index is 5.67. The van der Waals surface area contributed by atoms with Gasteiger partial charge in [-0.3, -0.25) is 0 Å². The molecule has 0 rings (SSSR count). The SMILES string of the molecule is CCOCCC(C)(CC)OCCN. The van der Waals surface area contributed by atoms with Crippen LogP contribution in [0.2, 0.25) is 0 Å². The van der Waals surface area contributed by atoms with Crippen LogP contribution >= 0.6 is 0 Å². The van der Waals surface area contributed by atoms with Crippen LogP contribution in [-0.4, -0.2) is 32.0 Å². The molecule has 0 aromatic rings. The molecule has 0 bridgehead atoms. The summed E-state index contributed by atoms with van der Waals surface area (Å²) in [6.07, 6.45) is 1.94. The Labute approximate surface area is 81.6 Å². The van der Waals surface area contributed by atoms with E-state index in [0.29, 0.717) is 13.2 Å². The number of rotatable bonds is 8. The van der Waals surface area contributed by atoms with Crippen molar-refractivity contribution in [3.8, 4) is 0 Å². The van der Waals surface area contributed by atoms with Crippen molar-refractivity contribution in [1.82, 2.24) is 0 Å². The summed E-state index contributed by atoms with van der Waals surface area (Å²) >= 11 is 0. The summed E-state index contributed by atoms with van der Waals surface area (Å²) in [5, 5.41) is 0. The maximum atomic E-state index is 5.67. The third-order valence-electron chi connectivity index (χ3n) is 2.30. The molecule has 1 atom stereocenters. The van der Waals surface area contributed by atoms with Crippen LogP contribution in [0.25, 0.3) is 0 Å². The molecule has 0 aromatic carbocycles. The molecule has 13 heavy (non-hydrogen) atoms. The Morgan fingerprint density at radius 3 is 2.38 bits per heavy atom. The molecule has 0 radical (unpaired) electrons. The lowest BCUT2D eigenvalue weighted by molar-refractivity contribution is -0.0518. The van der Waals surface area contributed by atoms with Gasteiger partial charge in [-0.2, -0.15) is 0 Å². The van der Waals surface area contributed by atoms with Crippen molar-refractivity contribution < 1.29 is 9.47 Å². The highest BCUT2D eigenvalue weighted by Crippen LogP contribution is 2.19. The van der Waals surface area contributed by atoms with Crippen molar-refractivity contribution in [2.24, 2.45) is 5.73 Å². The second-order valence-corrected chi connectivity index (χ2v) is 3.39. The van der Waals surface area contributed by atoms with Crippen LogP contribution < -0.4 is 5.73 Å². The molecule has 0 aliphatic heterocycles. The molecule has 0 saturated heterocycles. The van der Waals surface area contributed by atoms with Crippen LogP contribution in [0.1, 0.15) is 33.6 Å². The Morgan fingerprint density at radius 2 is 1.92 bits per heavy atom. The standard InChI is InChI=1S/C10H23NO2/c1-4-10(3,13-9-7-11)6-8-12-5-2/h4-9,11H2,1-3H3. The fraction of sp³-hybridized carbons (Fsp3) is 1.00. The number of hydrogen-bond acceptors (Lipinski definition) is 3. The highest BCUT2D eigenvalue weighted by Gasteiger charge is 2.21. The van der Waals surface area contributed by atoms with Crippen molar-refractivity contribution in [2.75, 3.05) is 26.4 Å². The molecule has 3 heteroatoms. The molecule has 0 aliphatic carbocycles. The van der Waals surface area contributed by atoms with Gasteiger partial charge in [0.25, 0.3) is 0 Å². The topological polar surface area (TPSA) is 44.5 Å². The summed E-state index contributed by atoms with van der Waals surface area (Å²) in [6.45, 7) is 9.01. The second kappa shape index (κ2) is 7.30. The Bertz CT molecular complexity index is 119. The van der Waals surface area contributed by atoms with E-state index in [0.717, 1.165) is 26.1 Å². The maximum Gasteiger partial charge on any atom is 0.0674 e. The Balaban J connectivity index is 3.67. The molecule has 0 fully saturated rings. The lowest BCUT2D eigenvalue weighted by Crippen LogP contribution is -2.31. The highest BCUT2D eigenvalue weighted by molar-refractivity contribution is 4.72. The minimum Gasteiger partial charge on any atom is -0.382 e. The zero-order valence-corrected chi connectivity index (χ0v) is 9.14. The number of ether oxygens (including phenoxy) is 2. The van der Waals surface area contributed by atoms with E-state index in [4.69, 9.17) is 15.2 Å². The Hall–Kier alpha value is -0.120. The summed E-state index contributed by atoms with van der Waals surface area (Å²) in [5.41, 5.74) is 5.33. The summed E-state index contributed by atoms with van der Waals surface area (Å²) in [7, 11) is 0. The van der Waals surface area contributed by atoms with Crippen molar-refractivity contribution in [3.63, 3.8) is 0 Å². The van der Waals surface area contributed by atoms with E-state index in [-0.39, 0.29) is 5.60 Å². The third-order valence-corrected chi connectivity index (χ3v) is 2.30. The normalized spacial score (nSPS) is 15.7. The van der Waals surface area contributed by atoms with Crippen molar-refractivity contribution in [1.29, 1.82) is 0 Å². The second-order valence-electron chi connectivity index (χ2n) is 3.39. The van der Waals surface area contributed by atoms with Gasteiger partial charge in [-0.15, -0.1) is 0 Å². The summed E-state index contributed by atoms with van der Waals surface area (Å²) < 4.78 is 11.0. The van der Waals surface area contributed by atoms with Crippen LogP contribution in [0.3, 0.4) is 0 Å². The minimum atomic E-state index is -0.0610. The Morgan fingerprint density at radius 1 is 1.23 bits per heavy atom. The molecule has 80 valence electrons. The van der Waals surface area contributed by atoms with Crippen LogP contribution in [0.5, 0.6) is 0 Å². The van der Waals surface area contributed by atoms with Crippen LogP contribution in [0, 0.1) is 0 Å². The third kappa shape index (κ3) is 6.02. The average molecular weight is 189 g/mol. The number of nitrogens with two attached hydrogens (primary N) is 1. The molecule has 0 heterocycles. The molecule has 3 nitrogen and oxygen atoms in total. The molecular weight excluding hydrogens is 166 g/mol. The van der Waals surface area contributed by atoms with E-state index in [1.165, 1.54) is 0 Å². The fourth-order valence-electron chi connectivity index (χ4n) is 1.09.